The average molecular weight is 186 g/mol. The van der Waals surface area contributed by atoms with E-state index in [0.717, 1.165) is 0 Å². The van der Waals surface area contributed by atoms with Crippen molar-refractivity contribution < 1.29 is 17.2 Å². The van der Waals surface area contributed by atoms with Gasteiger partial charge in [0, 0.05) is 6.54 Å². The molecular weight excluding hydrogens is 178 g/mol. The predicted octanol–water partition coefficient (Wildman–Crippen LogP) is -1.12. The molecule has 7 heteroatoms. The van der Waals surface area contributed by atoms with Crippen LogP contribution in [0, 0.1) is 0 Å². The van der Waals surface area contributed by atoms with Gasteiger partial charge < -0.3 is 0 Å². The van der Waals surface area contributed by atoms with Crippen molar-refractivity contribution in [3.05, 3.63) is 0 Å². The highest BCUT2D eigenvalue weighted by Crippen LogP contribution is 2.18. The molecule has 1 rings (SSSR count). The second-order valence-corrected chi connectivity index (χ2v) is 4.10. The number of nitrogens with two attached hydrogens (primary N) is 1. The molecule has 1 fully saturated rings. The summed E-state index contributed by atoms with van der Waals surface area (Å²) in [5.41, 5.74) is 0. The van der Waals surface area contributed by atoms with Gasteiger partial charge in [-0.15, -0.1) is 0 Å². The van der Waals surface area contributed by atoms with Gasteiger partial charge >= 0.3 is 0 Å². The van der Waals surface area contributed by atoms with Gasteiger partial charge in [0.25, 0.3) is 0 Å². The molecule has 3 N–H and O–H groups in total. The van der Waals surface area contributed by atoms with Crippen LogP contribution in [-0.4, -0.2) is 32.7 Å². The Morgan fingerprint density at radius 1 is 1.45 bits per heavy atom. The standard InChI is InChI=1S/C4H8F2N2O2S/c5-2-1-8-4(6)3(2)11(7,9)10/h2-4,8H,1H2,(H2,7,9,10). The summed E-state index contributed by atoms with van der Waals surface area (Å²) in [5, 5.41) is 4.85. The van der Waals surface area contributed by atoms with Gasteiger partial charge in [-0.2, -0.15) is 0 Å². The molecule has 3 unspecified atom stereocenters. The topological polar surface area (TPSA) is 72.2 Å². The minimum absolute atomic E-state index is 0.303. The molecule has 0 amide bonds. The zero-order chi connectivity index (χ0) is 8.65. The largest absolute Gasteiger partial charge is 0.284 e. The lowest BCUT2D eigenvalue weighted by atomic mass is 10.3. The Bertz CT molecular complexity index is 232. The molecule has 4 nitrogen and oxygen atoms in total. The van der Waals surface area contributed by atoms with Crippen LogP contribution in [0.2, 0.25) is 0 Å². The van der Waals surface area contributed by atoms with E-state index >= 15 is 0 Å². The number of rotatable bonds is 1. The molecule has 0 saturated carbocycles. The maximum absolute atomic E-state index is 12.6. The third-order valence-electron chi connectivity index (χ3n) is 1.53. The van der Waals surface area contributed by atoms with Gasteiger partial charge in [0.2, 0.25) is 10.0 Å². The van der Waals surface area contributed by atoms with Gasteiger partial charge in [0.05, 0.1) is 0 Å². The van der Waals surface area contributed by atoms with E-state index in [0.29, 0.717) is 0 Å². The van der Waals surface area contributed by atoms with E-state index in [2.05, 4.69) is 5.14 Å². The molecule has 66 valence electrons. The first-order chi connectivity index (χ1) is 4.93. The monoisotopic (exact) mass is 186 g/mol. The Morgan fingerprint density at radius 2 is 2.00 bits per heavy atom. The lowest BCUT2D eigenvalue weighted by Crippen LogP contribution is -2.40. The van der Waals surface area contributed by atoms with Gasteiger partial charge in [0.1, 0.15) is 6.17 Å². The van der Waals surface area contributed by atoms with Crippen LogP contribution < -0.4 is 10.5 Å². The molecule has 1 aliphatic heterocycles. The predicted molar refractivity (Wildman–Crippen MR) is 34.7 cm³/mol. The summed E-state index contributed by atoms with van der Waals surface area (Å²) >= 11 is 0. The summed E-state index contributed by atoms with van der Waals surface area (Å²) in [6.45, 7) is -0.303. The van der Waals surface area contributed by atoms with Crippen LogP contribution in [0.4, 0.5) is 8.78 Å². The highest BCUT2D eigenvalue weighted by Gasteiger charge is 2.44. The molecule has 1 saturated heterocycles. The van der Waals surface area contributed by atoms with Crippen LogP contribution in [0.25, 0.3) is 0 Å². The van der Waals surface area contributed by atoms with Crippen molar-refractivity contribution in [2.45, 2.75) is 17.7 Å². The minimum atomic E-state index is -4.11. The molecule has 0 aromatic heterocycles. The van der Waals surface area contributed by atoms with Crippen molar-refractivity contribution in [2.24, 2.45) is 5.14 Å². The number of sulfonamides is 1. The number of alkyl halides is 2. The van der Waals surface area contributed by atoms with E-state index < -0.39 is 27.7 Å². The van der Waals surface area contributed by atoms with Gasteiger partial charge in [-0.1, -0.05) is 0 Å². The summed E-state index contributed by atoms with van der Waals surface area (Å²) in [5.74, 6) is 0. The highest BCUT2D eigenvalue weighted by atomic mass is 32.2. The van der Waals surface area contributed by atoms with Gasteiger partial charge in [-0.3, -0.25) is 5.32 Å². The smallest absolute Gasteiger partial charge is 0.219 e. The molecular formula is C4H8F2N2O2S. The molecule has 0 aromatic carbocycles. The first-order valence-electron chi connectivity index (χ1n) is 2.96. The Morgan fingerprint density at radius 3 is 2.18 bits per heavy atom. The van der Waals surface area contributed by atoms with Crippen molar-refractivity contribution in [1.82, 2.24) is 5.32 Å². The molecule has 1 heterocycles. The second kappa shape index (κ2) is 2.65. The summed E-state index contributed by atoms with van der Waals surface area (Å²) < 4.78 is 46.1. The van der Waals surface area contributed by atoms with Crippen LogP contribution in [-0.2, 0) is 10.0 Å². The summed E-state index contributed by atoms with van der Waals surface area (Å²) in [4.78, 5) is 0. The Balaban J connectivity index is 2.86. The van der Waals surface area contributed by atoms with Gasteiger partial charge in [0.15, 0.2) is 11.5 Å². The number of primary sulfonamides is 1. The minimum Gasteiger partial charge on any atom is -0.284 e. The number of nitrogens with one attached hydrogen (secondary N) is 1. The molecule has 0 aromatic rings. The molecule has 0 aliphatic carbocycles. The van der Waals surface area contributed by atoms with Crippen molar-refractivity contribution >= 4 is 10.0 Å². The average Bonchev–Trinajstić information content (AvgIpc) is 2.08. The van der Waals surface area contributed by atoms with Crippen molar-refractivity contribution in [2.75, 3.05) is 6.54 Å². The van der Waals surface area contributed by atoms with Gasteiger partial charge in [-0.25, -0.2) is 22.3 Å². The van der Waals surface area contributed by atoms with Crippen molar-refractivity contribution in [3.63, 3.8) is 0 Å². The third kappa shape index (κ3) is 1.66. The second-order valence-electron chi connectivity index (χ2n) is 2.38. The fourth-order valence-electron chi connectivity index (χ4n) is 1.01. The summed E-state index contributed by atoms with van der Waals surface area (Å²) in [7, 11) is -4.11. The van der Waals surface area contributed by atoms with Gasteiger partial charge in [-0.05, 0) is 0 Å². The number of halogens is 2. The lowest BCUT2D eigenvalue weighted by Gasteiger charge is -2.10. The molecule has 3 atom stereocenters. The van der Waals surface area contributed by atoms with Crippen molar-refractivity contribution in [3.8, 4) is 0 Å². The zero-order valence-electron chi connectivity index (χ0n) is 5.50. The first-order valence-corrected chi connectivity index (χ1v) is 4.57. The molecule has 0 spiro atoms. The first kappa shape index (κ1) is 8.82. The Hall–Kier alpha value is -0.270. The number of hydrogen-bond donors (Lipinski definition) is 2. The lowest BCUT2D eigenvalue weighted by molar-refractivity contribution is 0.284. The van der Waals surface area contributed by atoms with Crippen LogP contribution in [0.5, 0.6) is 0 Å². The van der Waals surface area contributed by atoms with Crippen LogP contribution in [0.15, 0.2) is 0 Å². The Labute approximate surface area is 62.8 Å². The van der Waals surface area contributed by atoms with Crippen LogP contribution >= 0.6 is 0 Å². The maximum atomic E-state index is 12.6. The number of hydrogen-bond acceptors (Lipinski definition) is 3. The van der Waals surface area contributed by atoms with E-state index in [1.165, 1.54) is 0 Å². The highest BCUT2D eigenvalue weighted by molar-refractivity contribution is 7.89. The van der Waals surface area contributed by atoms with E-state index in [-0.39, 0.29) is 6.54 Å². The zero-order valence-corrected chi connectivity index (χ0v) is 6.31. The van der Waals surface area contributed by atoms with E-state index in [1.807, 2.05) is 5.32 Å². The fourth-order valence-corrected chi connectivity index (χ4v) is 1.95. The summed E-state index contributed by atoms with van der Waals surface area (Å²) in [6, 6.07) is 0. The third-order valence-corrected chi connectivity index (χ3v) is 2.83. The SMILES string of the molecule is NS(=O)(=O)C1C(F)CNC1F. The summed E-state index contributed by atoms with van der Waals surface area (Å²) in [6.07, 6.45) is -3.64. The van der Waals surface area contributed by atoms with E-state index in [4.69, 9.17) is 0 Å². The molecule has 0 bridgehead atoms. The maximum Gasteiger partial charge on any atom is 0.219 e. The normalized spacial score (nSPS) is 39.4. The van der Waals surface area contributed by atoms with Crippen LogP contribution in [0.1, 0.15) is 0 Å². The molecule has 11 heavy (non-hydrogen) atoms. The Kier molecular flexibility index (Phi) is 2.13. The molecule has 1 aliphatic rings. The van der Waals surface area contributed by atoms with E-state index in [1.54, 1.807) is 0 Å². The quantitative estimate of drug-likeness (QED) is 0.509. The fraction of sp³-hybridized carbons (Fsp3) is 1.00. The van der Waals surface area contributed by atoms with Crippen molar-refractivity contribution in [1.29, 1.82) is 0 Å². The van der Waals surface area contributed by atoms with E-state index in [9.17, 15) is 17.2 Å². The molecule has 0 radical (unpaired) electrons. The van der Waals surface area contributed by atoms with Crippen LogP contribution in [0.3, 0.4) is 0 Å².